The number of hydrogen-bond acceptors (Lipinski definition) is 2. The number of hydrogen-bond donors (Lipinski definition) is 2. The molecule has 0 bridgehead atoms. The van der Waals surface area contributed by atoms with Crippen molar-refractivity contribution >= 4 is 10.8 Å². The maximum atomic E-state index is 10.9. The van der Waals surface area contributed by atoms with Crippen molar-refractivity contribution in [1.82, 2.24) is 0 Å². The number of allylic oxidation sites excluding steroid dienone is 2. The fraction of sp³-hybridized carbons (Fsp3) is 0.625. The fourth-order valence-corrected chi connectivity index (χ4v) is 5.19. The Kier molecular flexibility index (Phi) is 12.0. The minimum absolute atomic E-state index is 0.319. The molecule has 2 nitrogen and oxygen atoms in total. The van der Waals surface area contributed by atoms with E-state index >= 15 is 0 Å². The van der Waals surface area contributed by atoms with Crippen LogP contribution in [0.4, 0.5) is 0 Å². The van der Waals surface area contributed by atoms with Gasteiger partial charge in [-0.15, -0.1) is 0 Å². The summed E-state index contributed by atoms with van der Waals surface area (Å²) in [6.45, 7) is 13.7. The Morgan fingerprint density at radius 3 is 1.79 bits per heavy atom. The summed E-state index contributed by atoms with van der Waals surface area (Å²) in [5, 5.41) is 23.1. The first kappa shape index (κ1) is 28.3. The summed E-state index contributed by atoms with van der Waals surface area (Å²) in [6, 6.07) is 7.58. The monoisotopic (exact) mass is 466 g/mol. The van der Waals surface area contributed by atoms with Crippen molar-refractivity contribution < 1.29 is 10.2 Å². The normalized spacial score (nSPS) is 14.1. The first-order valence-electron chi connectivity index (χ1n) is 13.8. The van der Waals surface area contributed by atoms with Gasteiger partial charge in [-0.2, -0.15) is 0 Å². The minimum atomic E-state index is 0.319. The van der Waals surface area contributed by atoms with Gasteiger partial charge in [-0.25, -0.2) is 0 Å². The van der Waals surface area contributed by atoms with Crippen LogP contribution < -0.4 is 0 Å². The van der Waals surface area contributed by atoms with Gasteiger partial charge in [0, 0.05) is 21.9 Å². The lowest BCUT2D eigenvalue weighted by molar-refractivity contribution is 0.389. The van der Waals surface area contributed by atoms with E-state index in [0.717, 1.165) is 46.1 Å². The van der Waals surface area contributed by atoms with Gasteiger partial charge < -0.3 is 10.2 Å². The zero-order chi connectivity index (χ0) is 25.1. The molecule has 0 fully saturated rings. The largest absolute Gasteiger partial charge is 0.507 e. The molecule has 0 radical (unpaired) electrons. The van der Waals surface area contributed by atoms with Crippen molar-refractivity contribution in [2.24, 2.45) is 17.8 Å². The Bertz CT molecular complexity index is 909. The third kappa shape index (κ3) is 8.67. The highest BCUT2D eigenvalue weighted by Gasteiger charge is 2.16. The molecule has 2 heteroatoms. The zero-order valence-corrected chi connectivity index (χ0v) is 22.8. The van der Waals surface area contributed by atoms with Gasteiger partial charge in [0.2, 0.25) is 0 Å². The first-order chi connectivity index (χ1) is 16.2. The Hall–Kier alpha value is -1.96. The van der Waals surface area contributed by atoms with E-state index in [1.54, 1.807) is 0 Å². The smallest absolute Gasteiger partial charge is 0.127 e. The molecule has 190 valence electrons. The van der Waals surface area contributed by atoms with Gasteiger partial charge in [-0.1, -0.05) is 115 Å². The topological polar surface area (TPSA) is 40.5 Å². The van der Waals surface area contributed by atoms with Crippen LogP contribution >= 0.6 is 0 Å². The molecule has 0 saturated heterocycles. The van der Waals surface area contributed by atoms with Crippen LogP contribution in [0.3, 0.4) is 0 Å². The maximum absolute atomic E-state index is 10.9. The number of benzene rings is 2. The van der Waals surface area contributed by atoms with Crippen molar-refractivity contribution in [3.8, 4) is 11.5 Å². The van der Waals surface area contributed by atoms with Crippen LogP contribution in [0.15, 0.2) is 35.9 Å². The van der Waals surface area contributed by atoms with Crippen LogP contribution in [0, 0.1) is 17.8 Å². The predicted octanol–water partition coefficient (Wildman–Crippen LogP) is 9.74. The Morgan fingerprint density at radius 2 is 1.26 bits per heavy atom. The number of aromatic hydroxyl groups is 2. The quantitative estimate of drug-likeness (QED) is 0.202. The van der Waals surface area contributed by atoms with Gasteiger partial charge in [0.15, 0.2) is 0 Å². The van der Waals surface area contributed by atoms with Crippen molar-refractivity contribution in [2.45, 2.75) is 112 Å². The molecule has 0 aliphatic rings. The lowest BCUT2D eigenvalue weighted by atomic mass is 9.91. The third-order valence-corrected chi connectivity index (χ3v) is 7.52. The molecular weight excluding hydrogens is 416 g/mol. The molecule has 2 aromatic rings. The van der Waals surface area contributed by atoms with E-state index in [1.807, 2.05) is 31.2 Å². The van der Waals surface area contributed by atoms with Gasteiger partial charge in [0.25, 0.3) is 0 Å². The minimum Gasteiger partial charge on any atom is -0.507 e. The molecular formula is C32H50O2. The molecule has 0 aliphatic heterocycles. The summed E-state index contributed by atoms with van der Waals surface area (Å²) in [7, 11) is 0. The summed E-state index contributed by atoms with van der Waals surface area (Å²) < 4.78 is 0. The molecule has 2 aromatic carbocycles. The molecule has 0 saturated carbocycles. The molecule has 0 heterocycles. The molecule has 0 spiro atoms. The van der Waals surface area contributed by atoms with Crippen molar-refractivity contribution in [2.75, 3.05) is 0 Å². The van der Waals surface area contributed by atoms with E-state index < -0.39 is 0 Å². The fourth-order valence-electron chi connectivity index (χ4n) is 5.19. The van der Waals surface area contributed by atoms with E-state index in [9.17, 15) is 10.2 Å². The average molecular weight is 467 g/mol. The molecule has 2 atom stereocenters. The van der Waals surface area contributed by atoms with Crippen LogP contribution in [0.1, 0.15) is 110 Å². The van der Waals surface area contributed by atoms with Crippen molar-refractivity contribution in [3.63, 3.8) is 0 Å². The van der Waals surface area contributed by atoms with Crippen LogP contribution in [0.5, 0.6) is 11.5 Å². The second kappa shape index (κ2) is 14.4. The molecule has 34 heavy (non-hydrogen) atoms. The molecule has 2 rings (SSSR count). The highest BCUT2D eigenvalue weighted by Crippen LogP contribution is 2.40. The number of rotatable bonds is 15. The summed E-state index contributed by atoms with van der Waals surface area (Å²) in [4.78, 5) is 0. The summed E-state index contributed by atoms with van der Waals surface area (Å²) in [6.07, 6.45) is 15.5. The molecule has 0 unspecified atom stereocenters. The highest BCUT2D eigenvalue weighted by molar-refractivity contribution is 5.95. The molecule has 0 aromatic heterocycles. The van der Waals surface area contributed by atoms with Crippen molar-refractivity contribution in [1.29, 1.82) is 0 Å². The average Bonchev–Trinajstić information content (AvgIpc) is 2.80. The SMILES string of the molecule is CCc1c(C/C=C(\C)CCC[C@H](C)CCC[C@H](C)CCCC(C)C)c(O)c2ccccc2c1O. The Balaban J connectivity index is 1.79. The second-order valence-electron chi connectivity index (χ2n) is 11.2. The van der Waals surface area contributed by atoms with E-state index in [2.05, 4.69) is 40.7 Å². The van der Waals surface area contributed by atoms with Crippen molar-refractivity contribution in [3.05, 3.63) is 47.0 Å². The van der Waals surface area contributed by atoms with Crippen LogP contribution in [0.2, 0.25) is 0 Å². The van der Waals surface area contributed by atoms with E-state index in [-0.39, 0.29) is 0 Å². The van der Waals surface area contributed by atoms with E-state index in [4.69, 9.17) is 0 Å². The zero-order valence-electron chi connectivity index (χ0n) is 22.8. The number of fused-ring (bicyclic) bond motifs is 1. The summed E-state index contributed by atoms with van der Waals surface area (Å²) in [5.74, 6) is 3.14. The predicted molar refractivity (Wildman–Crippen MR) is 149 cm³/mol. The lowest BCUT2D eigenvalue weighted by Crippen LogP contribution is -2.00. The number of phenols is 2. The van der Waals surface area contributed by atoms with Crippen LogP contribution in [-0.4, -0.2) is 10.2 Å². The summed E-state index contributed by atoms with van der Waals surface area (Å²) >= 11 is 0. The Morgan fingerprint density at radius 1 is 0.765 bits per heavy atom. The molecule has 0 aliphatic carbocycles. The first-order valence-corrected chi connectivity index (χ1v) is 13.8. The van der Waals surface area contributed by atoms with Gasteiger partial charge in [0.05, 0.1) is 0 Å². The molecule has 2 N–H and O–H groups in total. The maximum Gasteiger partial charge on any atom is 0.127 e. The lowest BCUT2D eigenvalue weighted by Gasteiger charge is -2.16. The van der Waals surface area contributed by atoms with Gasteiger partial charge >= 0.3 is 0 Å². The highest BCUT2D eigenvalue weighted by atomic mass is 16.3. The van der Waals surface area contributed by atoms with Gasteiger partial charge in [0.1, 0.15) is 11.5 Å². The standard InChI is InChI=1S/C32H50O2/c1-7-27-30(32(34)29-20-9-8-19-28(29)31(27)33)22-21-26(6)18-12-17-25(5)16-11-15-24(4)14-10-13-23(2)3/h8-9,19-21,23-25,33-34H,7,10-18,22H2,1-6H3/b26-21+/t24-,25-/m1/s1. The van der Waals surface area contributed by atoms with E-state index in [0.29, 0.717) is 24.3 Å². The van der Waals surface area contributed by atoms with E-state index in [1.165, 1.54) is 56.9 Å². The van der Waals surface area contributed by atoms with Gasteiger partial charge in [-0.05, 0) is 50.4 Å². The number of phenolic OH excluding ortho intramolecular Hbond substituents is 2. The van der Waals surface area contributed by atoms with Crippen LogP contribution in [0.25, 0.3) is 10.8 Å². The molecule has 0 amide bonds. The van der Waals surface area contributed by atoms with Crippen LogP contribution in [-0.2, 0) is 12.8 Å². The Labute approximate surface area is 209 Å². The third-order valence-electron chi connectivity index (χ3n) is 7.52. The van der Waals surface area contributed by atoms with Gasteiger partial charge in [-0.3, -0.25) is 0 Å². The second-order valence-corrected chi connectivity index (χ2v) is 11.2. The summed E-state index contributed by atoms with van der Waals surface area (Å²) in [5.41, 5.74) is 3.11.